The van der Waals surface area contributed by atoms with Crippen molar-refractivity contribution in [2.45, 2.75) is 58.9 Å². The summed E-state index contributed by atoms with van der Waals surface area (Å²) in [5.41, 5.74) is 2.66. The van der Waals surface area contributed by atoms with Gasteiger partial charge in [-0.25, -0.2) is 4.98 Å². The second-order valence-corrected chi connectivity index (χ2v) is 8.43. The number of nitriles is 1. The zero-order valence-electron chi connectivity index (χ0n) is 19.4. The van der Waals surface area contributed by atoms with Gasteiger partial charge in [0.1, 0.15) is 11.9 Å². The largest absolute Gasteiger partial charge is 0.384 e. The van der Waals surface area contributed by atoms with E-state index in [2.05, 4.69) is 50.6 Å². The summed E-state index contributed by atoms with van der Waals surface area (Å²) in [7, 11) is 3.69. The average Bonchev–Trinajstić information content (AvgIpc) is 2.74. The Balaban J connectivity index is 2.28. The molecule has 166 valence electrons. The molecule has 1 fully saturated rings. The van der Waals surface area contributed by atoms with Gasteiger partial charge in [0, 0.05) is 46.4 Å². The highest BCUT2D eigenvalue weighted by molar-refractivity contribution is 5.77. The van der Waals surface area contributed by atoms with Crippen molar-refractivity contribution in [2.24, 2.45) is 0 Å². The SMILES string of the molecule is CCCCN(C)c1cc(C#N)c(N2CCN(C(=O)CCOC)[C@H](C)C2)nc1C(C)C. The molecule has 0 saturated carbocycles. The van der Waals surface area contributed by atoms with E-state index in [1.807, 2.05) is 11.0 Å². The Morgan fingerprint density at radius 1 is 1.43 bits per heavy atom. The van der Waals surface area contributed by atoms with E-state index in [1.165, 1.54) is 0 Å². The maximum Gasteiger partial charge on any atom is 0.225 e. The second kappa shape index (κ2) is 11.2. The van der Waals surface area contributed by atoms with Crippen molar-refractivity contribution in [1.29, 1.82) is 5.26 Å². The number of hydrogen-bond acceptors (Lipinski definition) is 6. The monoisotopic (exact) mass is 415 g/mol. The molecule has 1 aliphatic rings. The minimum atomic E-state index is 0.0610. The highest BCUT2D eigenvalue weighted by Gasteiger charge is 2.30. The Hall–Kier alpha value is -2.33. The summed E-state index contributed by atoms with van der Waals surface area (Å²) in [4.78, 5) is 23.7. The van der Waals surface area contributed by atoms with E-state index in [0.29, 0.717) is 38.2 Å². The van der Waals surface area contributed by atoms with E-state index in [4.69, 9.17) is 9.72 Å². The number of nitrogens with zero attached hydrogens (tertiary/aromatic N) is 5. The van der Waals surface area contributed by atoms with Gasteiger partial charge in [-0.2, -0.15) is 5.26 Å². The summed E-state index contributed by atoms with van der Waals surface area (Å²) in [6, 6.07) is 4.41. The fourth-order valence-electron chi connectivity index (χ4n) is 3.93. The maximum absolute atomic E-state index is 12.4. The molecule has 0 unspecified atom stereocenters. The Kier molecular flexibility index (Phi) is 8.91. The van der Waals surface area contributed by atoms with Crippen molar-refractivity contribution >= 4 is 17.4 Å². The van der Waals surface area contributed by atoms with E-state index >= 15 is 0 Å². The molecule has 0 N–H and O–H groups in total. The van der Waals surface area contributed by atoms with Crippen LogP contribution < -0.4 is 9.80 Å². The average molecular weight is 416 g/mol. The number of ether oxygens (including phenoxy) is 1. The number of carbonyl (C=O) groups is 1. The van der Waals surface area contributed by atoms with Crippen LogP contribution in [0.4, 0.5) is 11.5 Å². The lowest BCUT2D eigenvalue weighted by atomic mass is 10.0. The molecule has 1 aromatic rings. The summed E-state index contributed by atoms with van der Waals surface area (Å²) < 4.78 is 5.04. The molecule has 1 saturated heterocycles. The lowest BCUT2D eigenvalue weighted by molar-refractivity contribution is -0.134. The molecule has 0 aliphatic carbocycles. The lowest BCUT2D eigenvalue weighted by Crippen LogP contribution is -2.54. The fraction of sp³-hybridized carbons (Fsp3) is 0.696. The van der Waals surface area contributed by atoms with Crippen LogP contribution in [0.2, 0.25) is 0 Å². The molecule has 0 spiro atoms. The third kappa shape index (κ3) is 5.63. The standard InChI is InChI=1S/C23H37N5O2/c1-7-8-10-26(5)20-14-19(15-24)23(25-22(20)17(2)3)27-11-12-28(18(4)16-27)21(29)9-13-30-6/h14,17-18H,7-13,16H2,1-6H3/t18-/m1/s1. The molecule has 0 bridgehead atoms. The second-order valence-electron chi connectivity index (χ2n) is 8.43. The van der Waals surface area contributed by atoms with Crippen LogP contribution in [-0.4, -0.2) is 68.8 Å². The maximum atomic E-state index is 12.4. The number of hydrogen-bond donors (Lipinski definition) is 0. The number of piperazine rings is 1. The number of unbranched alkanes of at least 4 members (excludes halogenated alkanes) is 1. The molecule has 1 aromatic heterocycles. The van der Waals surface area contributed by atoms with Crippen molar-refractivity contribution in [2.75, 3.05) is 56.7 Å². The van der Waals surface area contributed by atoms with Gasteiger partial charge in [-0.1, -0.05) is 27.2 Å². The smallest absolute Gasteiger partial charge is 0.225 e. The van der Waals surface area contributed by atoms with Gasteiger partial charge >= 0.3 is 0 Å². The summed E-state index contributed by atoms with van der Waals surface area (Å²) >= 11 is 0. The van der Waals surface area contributed by atoms with Gasteiger partial charge in [0.05, 0.1) is 30.0 Å². The fourth-order valence-corrected chi connectivity index (χ4v) is 3.93. The number of aromatic nitrogens is 1. The summed E-state index contributed by atoms with van der Waals surface area (Å²) in [6.07, 6.45) is 2.64. The van der Waals surface area contributed by atoms with E-state index in [0.717, 1.165) is 36.6 Å². The van der Waals surface area contributed by atoms with E-state index < -0.39 is 0 Å². The van der Waals surface area contributed by atoms with Crippen LogP contribution in [0.15, 0.2) is 6.07 Å². The number of methoxy groups -OCH3 is 1. The first-order valence-electron chi connectivity index (χ1n) is 11.0. The number of anilines is 2. The van der Waals surface area contributed by atoms with Crippen molar-refractivity contribution in [1.82, 2.24) is 9.88 Å². The van der Waals surface area contributed by atoms with Crippen molar-refractivity contribution < 1.29 is 9.53 Å². The van der Waals surface area contributed by atoms with Gasteiger partial charge in [-0.05, 0) is 25.3 Å². The molecule has 30 heavy (non-hydrogen) atoms. The minimum Gasteiger partial charge on any atom is -0.384 e. The van der Waals surface area contributed by atoms with Crippen LogP contribution in [0.25, 0.3) is 0 Å². The van der Waals surface area contributed by atoms with Crippen LogP contribution in [0, 0.1) is 11.3 Å². The van der Waals surface area contributed by atoms with Crippen LogP contribution in [-0.2, 0) is 9.53 Å². The van der Waals surface area contributed by atoms with E-state index in [-0.39, 0.29) is 17.9 Å². The topological polar surface area (TPSA) is 72.7 Å². The quantitative estimate of drug-likeness (QED) is 0.616. The third-order valence-corrected chi connectivity index (χ3v) is 5.70. The number of carbonyl (C=O) groups excluding carboxylic acids is 1. The Morgan fingerprint density at radius 2 is 2.17 bits per heavy atom. The molecule has 7 heteroatoms. The normalized spacial score (nSPS) is 16.7. The molecule has 7 nitrogen and oxygen atoms in total. The summed E-state index contributed by atoms with van der Waals surface area (Å²) in [5, 5.41) is 9.85. The van der Waals surface area contributed by atoms with Gasteiger partial charge < -0.3 is 19.4 Å². The first-order valence-corrected chi connectivity index (χ1v) is 11.0. The van der Waals surface area contributed by atoms with Crippen LogP contribution in [0.3, 0.4) is 0 Å². The van der Waals surface area contributed by atoms with Gasteiger partial charge in [0.25, 0.3) is 0 Å². The third-order valence-electron chi connectivity index (χ3n) is 5.70. The van der Waals surface area contributed by atoms with Gasteiger partial charge in [0.2, 0.25) is 5.91 Å². The van der Waals surface area contributed by atoms with Crippen molar-refractivity contribution in [3.63, 3.8) is 0 Å². The first-order chi connectivity index (χ1) is 14.3. The zero-order chi connectivity index (χ0) is 22.3. The van der Waals surface area contributed by atoms with Crippen LogP contribution in [0.1, 0.15) is 64.1 Å². The molecule has 1 atom stereocenters. The molecule has 2 rings (SSSR count). The molecule has 0 aromatic carbocycles. The lowest BCUT2D eigenvalue weighted by Gasteiger charge is -2.41. The highest BCUT2D eigenvalue weighted by Crippen LogP contribution is 2.32. The Morgan fingerprint density at radius 3 is 2.73 bits per heavy atom. The highest BCUT2D eigenvalue weighted by atomic mass is 16.5. The molecule has 0 radical (unpaired) electrons. The minimum absolute atomic E-state index is 0.0610. The van der Waals surface area contributed by atoms with Gasteiger partial charge in [0.15, 0.2) is 0 Å². The van der Waals surface area contributed by atoms with E-state index in [9.17, 15) is 10.1 Å². The van der Waals surface area contributed by atoms with Gasteiger partial charge in [-0.3, -0.25) is 4.79 Å². The molecule has 1 aliphatic heterocycles. The number of pyridine rings is 1. The molecule has 1 amide bonds. The first kappa shape index (κ1) is 23.9. The predicted octanol–water partition coefficient (Wildman–Crippen LogP) is 3.39. The Labute approximate surface area is 181 Å². The van der Waals surface area contributed by atoms with Crippen molar-refractivity contribution in [3.8, 4) is 6.07 Å². The van der Waals surface area contributed by atoms with Gasteiger partial charge in [-0.15, -0.1) is 0 Å². The predicted molar refractivity (Wildman–Crippen MR) is 121 cm³/mol. The summed E-state index contributed by atoms with van der Waals surface area (Å²) in [5.74, 6) is 1.11. The summed E-state index contributed by atoms with van der Waals surface area (Å²) in [6.45, 7) is 11.9. The van der Waals surface area contributed by atoms with E-state index in [1.54, 1.807) is 7.11 Å². The molecular weight excluding hydrogens is 378 g/mol. The number of amides is 1. The zero-order valence-corrected chi connectivity index (χ0v) is 19.4. The molecule has 2 heterocycles. The number of rotatable bonds is 9. The Bertz CT molecular complexity index is 759. The van der Waals surface area contributed by atoms with Crippen LogP contribution >= 0.6 is 0 Å². The van der Waals surface area contributed by atoms with Crippen LogP contribution in [0.5, 0.6) is 0 Å². The molecular formula is C23H37N5O2. The van der Waals surface area contributed by atoms with Crippen molar-refractivity contribution in [3.05, 3.63) is 17.3 Å².